The van der Waals surface area contributed by atoms with Crippen molar-refractivity contribution in [3.63, 3.8) is 0 Å². The van der Waals surface area contributed by atoms with Crippen LogP contribution in [0.3, 0.4) is 0 Å². The minimum atomic E-state index is 0.508. The van der Waals surface area contributed by atoms with Gasteiger partial charge in [-0.05, 0) is 58.2 Å². The summed E-state index contributed by atoms with van der Waals surface area (Å²) in [5.74, 6) is 0. The van der Waals surface area contributed by atoms with E-state index in [0.717, 1.165) is 12.1 Å². The Labute approximate surface area is 126 Å². The molecule has 1 saturated carbocycles. The first-order chi connectivity index (χ1) is 9.46. The lowest BCUT2D eigenvalue weighted by molar-refractivity contribution is 0.0376. The van der Waals surface area contributed by atoms with Crippen molar-refractivity contribution in [2.45, 2.75) is 71.0 Å². The molecule has 20 heavy (non-hydrogen) atoms. The van der Waals surface area contributed by atoms with E-state index < -0.39 is 0 Å². The quantitative estimate of drug-likeness (QED) is 0.858. The Bertz CT molecular complexity index is 303. The molecule has 0 amide bonds. The third kappa shape index (κ3) is 3.75. The summed E-state index contributed by atoms with van der Waals surface area (Å²) in [7, 11) is 4.44. The lowest BCUT2D eigenvalue weighted by atomic mass is 9.72. The number of nitrogens with one attached hydrogen (secondary N) is 1. The summed E-state index contributed by atoms with van der Waals surface area (Å²) in [5.41, 5.74) is 0.508. The number of likely N-dealkylation sites (N-methyl/N-ethyl adjacent to an activating group) is 2. The van der Waals surface area contributed by atoms with Crippen LogP contribution in [-0.4, -0.2) is 61.7 Å². The molecule has 2 rings (SSSR count). The molecule has 3 atom stereocenters. The summed E-state index contributed by atoms with van der Waals surface area (Å²) in [6.07, 6.45) is 6.63. The Morgan fingerprint density at radius 2 is 2.00 bits per heavy atom. The molecule has 0 aromatic heterocycles. The highest BCUT2D eigenvalue weighted by Crippen LogP contribution is 2.38. The molecular formula is C17H35N3. The fourth-order valence-corrected chi connectivity index (χ4v) is 4.30. The van der Waals surface area contributed by atoms with Gasteiger partial charge in [-0.25, -0.2) is 0 Å². The van der Waals surface area contributed by atoms with Crippen molar-refractivity contribution in [3.05, 3.63) is 0 Å². The Kier molecular flexibility index (Phi) is 5.49. The van der Waals surface area contributed by atoms with Gasteiger partial charge in [0.1, 0.15) is 0 Å². The second kappa shape index (κ2) is 6.76. The van der Waals surface area contributed by atoms with E-state index in [1.807, 2.05) is 0 Å². The molecular weight excluding hydrogens is 246 g/mol. The third-order valence-corrected chi connectivity index (χ3v) is 5.57. The molecule has 3 nitrogen and oxygen atoms in total. The summed E-state index contributed by atoms with van der Waals surface area (Å²) in [6.45, 7) is 11.0. The normalized spacial score (nSPS) is 36.8. The van der Waals surface area contributed by atoms with Crippen molar-refractivity contribution in [1.82, 2.24) is 15.1 Å². The summed E-state index contributed by atoms with van der Waals surface area (Å²) < 4.78 is 0. The van der Waals surface area contributed by atoms with Crippen molar-refractivity contribution in [1.29, 1.82) is 0 Å². The highest BCUT2D eigenvalue weighted by atomic mass is 15.3. The summed E-state index contributed by atoms with van der Waals surface area (Å²) in [5, 5.41) is 3.61. The van der Waals surface area contributed by atoms with E-state index in [-0.39, 0.29) is 0 Å². The van der Waals surface area contributed by atoms with Crippen LogP contribution in [0, 0.1) is 5.41 Å². The topological polar surface area (TPSA) is 18.5 Å². The number of hydrogen-bond donors (Lipinski definition) is 1. The first-order valence-electron chi connectivity index (χ1n) is 8.58. The van der Waals surface area contributed by atoms with E-state index in [1.165, 1.54) is 51.7 Å². The predicted molar refractivity (Wildman–Crippen MR) is 87.2 cm³/mol. The standard InChI is InChI=1S/C17H35N3/c1-6-14-13-19(5)10-7-11-20(14)16-12-17(2,3)9-8-15(16)18-4/h14-16,18H,6-13H2,1-5H3. The molecule has 2 fully saturated rings. The van der Waals surface area contributed by atoms with Crippen molar-refractivity contribution < 1.29 is 0 Å². The molecule has 0 aromatic carbocycles. The molecule has 118 valence electrons. The van der Waals surface area contributed by atoms with Crippen molar-refractivity contribution >= 4 is 0 Å². The van der Waals surface area contributed by atoms with E-state index in [2.05, 4.69) is 50.0 Å². The average Bonchev–Trinajstić information content (AvgIpc) is 2.59. The zero-order chi connectivity index (χ0) is 14.8. The smallest absolute Gasteiger partial charge is 0.0257 e. The first-order valence-corrected chi connectivity index (χ1v) is 8.58. The second-order valence-electron chi connectivity index (χ2n) is 7.79. The van der Waals surface area contributed by atoms with Gasteiger partial charge in [0.2, 0.25) is 0 Å². The fourth-order valence-electron chi connectivity index (χ4n) is 4.30. The van der Waals surface area contributed by atoms with Gasteiger partial charge in [-0.1, -0.05) is 20.8 Å². The maximum atomic E-state index is 3.61. The number of rotatable bonds is 3. The lowest BCUT2D eigenvalue weighted by Crippen LogP contribution is -2.57. The molecule has 3 heteroatoms. The average molecular weight is 281 g/mol. The van der Waals surface area contributed by atoms with Gasteiger partial charge in [0, 0.05) is 31.2 Å². The first kappa shape index (κ1) is 16.3. The molecule has 1 aliphatic heterocycles. The van der Waals surface area contributed by atoms with Gasteiger partial charge in [-0.3, -0.25) is 4.90 Å². The molecule has 1 aliphatic carbocycles. The van der Waals surface area contributed by atoms with Crippen LogP contribution in [0.4, 0.5) is 0 Å². The van der Waals surface area contributed by atoms with Crippen LogP contribution in [0.15, 0.2) is 0 Å². The Morgan fingerprint density at radius 3 is 2.65 bits per heavy atom. The largest absolute Gasteiger partial charge is 0.315 e. The van der Waals surface area contributed by atoms with E-state index in [9.17, 15) is 0 Å². The SMILES string of the molecule is CCC1CN(C)CCCN1C1CC(C)(C)CCC1NC. The number of nitrogens with zero attached hydrogens (tertiary/aromatic N) is 2. The van der Waals surface area contributed by atoms with E-state index in [1.54, 1.807) is 0 Å². The van der Waals surface area contributed by atoms with Crippen LogP contribution in [0.25, 0.3) is 0 Å². The minimum Gasteiger partial charge on any atom is -0.315 e. The molecule has 0 spiro atoms. The molecule has 0 bridgehead atoms. The zero-order valence-electron chi connectivity index (χ0n) is 14.3. The monoisotopic (exact) mass is 281 g/mol. The van der Waals surface area contributed by atoms with Crippen molar-refractivity contribution in [2.24, 2.45) is 5.41 Å². The van der Waals surface area contributed by atoms with Gasteiger partial charge in [0.15, 0.2) is 0 Å². The maximum absolute atomic E-state index is 3.61. The lowest BCUT2D eigenvalue weighted by Gasteiger charge is -2.48. The summed E-state index contributed by atoms with van der Waals surface area (Å²) in [6, 6.07) is 2.14. The highest BCUT2D eigenvalue weighted by molar-refractivity contribution is 4.96. The van der Waals surface area contributed by atoms with Gasteiger partial charge in [-0.15, -0.1) is 0 Å². The molecule has 3 unspecified atom stereocenters. The van der Waals surface area contributed by atoms with Gasteiger partial charge in [-0.2, -0.15) is 0 Å². The molecule has 1 heterocycles. The van der Waals surface area contributed by atoms with E-state index >= 15 is 0 Å². The van der Waals surface area contributed by atoms with Crippen molar-refractivity contribution in [3.8, 4) is 0 Å². The summed E-state index contributed by atoms with van der Waals surface area (Å²) >= 11 is 0. The van der Waals surface area contributed by atoms with Crippen LogP contribution in [-0.2, 0) is 0 Å². The highest BCUT2D eigenvalue weighted by Gasteiger charge is 2.39. The van der Waals surface area contributed by atoms with Gasteiger partial charge in [0.05, 0.1) is 0 Å². The van der Waals surface area contributed by atoms with Gasteiger partial charge < -0.3 is 10.2 Å². The van der Waals surface area contributed by atoms with Crippen LogP contribution < -0.4 is 5.32 Å². The molecule has 0 aromatic rings. The Morgan fingerprint density at radius 1 is 1.25 bits per heavy atom. The van der Waals surface area contributed by atoms with Crippen LogP contribution in [0.5, 0.6) is 0 Å². The zero-order valence-corrected chi connectivity index (χ0v) is 14.3. The molecule has 1 N–H and O–H groups in total. The predicted octanol–water partition coefficient (Wildman–Crippen LogP) is 2.57. The Hall–Kier alpha value is -0.120. The third-order valence-electron chi connectivity index (χ3n) is 5.57. The van der Waals surface area contributed by atoms with Crippen LogP contribution in [0.1, 0.15) is 52.9 Å². The van der Waals surface area contributed by atoms with Crippen LogP contribution >= 0.6 is 0 Å². The van der Waals surface area contributed by atoms with Crippen molar-refractivity contribution in [2.75, 3.05) is 33.7 Å². The van der Waals surface area contributed by atoms with E-state index in [0.29, 0.717) is 11.5 Å². The van der Waals surface area contributed by atoms with Crippen LogP contribution in [0.2, 0.25) is 0 Å². The molecule has 1 saturated heterocycles. The second-order valence-corrected chi connectivity index (χ2v) is 7.79. The fraction of sp³-hybridized carbons (Fsp3) is 1.00. The van der Waals surface area contributed by atoms with Gasteiger partial charge >= 0.3 is 0 Å². The summed E-state index contributed by atoms with van der Waals surface area (Å²) in [4.78, 5) is 5.38. The number of hydrogen-bond acceptors (Lipinski definition) is 3. The van der Waals surface area contributed by atoms with E-state index in [4.69, 9.17) is 0 Å². The molecule has 2 aliphatic rings. The molecule has 0 radical (unpaired) electrons. The van der Waals surface area contributed by atoms with Gasteiger partial charge in [0.25, 0.3) is 0 Å². The maximum Gasteiger partial charge on any atom is 0.0257 e. The Balaban J connectivity index is 2.15. The minimum absolute atomic E-state index is 0.508.